The van der Waals surface area contributed by atoms with Gasteiger partial charge in [0.1, 0.15) is 5.82 Å². The van der Waals surface area contributed by atoms with Crippen LogP contribution in [-0.2, 0) is 0 Å². The van der Waals surface area contributed by atoms with Crippen LogP contribution >= 0.6 is 0 Å². The van der Waals surface area contributed by atoms with E-state index in [1.807, 2.05) is 19.2 Å². The van der Waals surface area contributed by atoms with E-state index in [0.29, 0.717) is 12.4 Å². The number of likely N-dealkylation sites (N-methyl/N-ethyl adjacent to an activating group) is 1. The minimum Gasteiger partial charge on any atom is -0.387 e. The number of aromatic nitrogens is 1. The van der Waals surface area contributed by atoms with Crippen molar-refractivity contribution in [2.24, 2.45) is 0 Å². The molecule has 2 amide bonds. The summed E-state index contributed by atoms with van der Waals surface area (Å²) in [6.45, 7) is 1.47. The first-order valence-corrected chi connectivity index (χ1v) is 4.89. The van der Waals surface area contributed by atoms with Crippen LogP contribution in [0.2, 0.25) is 0 Å². The smallest absolute Gasteiger partial charge is 0.325 e. The number of hydrogen-bond acceptors (Lipinski definition) is 3. The van der Waals surface area contributed by atoms with E-state index in [-0.39, 0.29) is 6.03 Å². The van der Waals surface area contributed by atoms with Gasteiger partial charge in [0.2, 0.25) is 0 Å². The molecule has 0 spiro atoms. The van der Waals surface area contributed by atoms with Gasteiger partial charge in [-0.2, -0.15) is 0 Å². The molecule has 1 aromatic heterocycles. The van der Waals surface area contributed by atoms with Crippen LogP contribution in [0.5, 0.6) is 0 Å². The standard InChI is InChI=1S/C10H14N4O/c1-11-8-3-4-9(12-7-8)14-6-5-13(2)10(14)15/h3-4,7,11H,5-6H2,1-2H3. The summed E-state index contributed by atoms with van der Waals surface area (Å²) < 4.78 is 0. The van der Waals surface area contributed by atoms with Gasteiger partial charge in [-0.1, -0.05) is 0 Å². The lowest BCUT2D eigenvalue weighted by atomic mass is 10.4. The molecule has 1 aliphatic heterocycles. The second-order valence-corrected chi connectivity index (χ2v) is 3.51. The Labute approximate surface area is 88.7 Å². The molecule has 1 saturated heterocycles. The van der Waals surface area contributed by atoms with E-state index in [1.54, 1.807) is 23.0 Å². The Morgan fingerprint density at radius 1 is 1.40 bits per heavy atom. The fourth-order valence-electron chi connectivity index (χ4n) is 1.55. The average molecular weight is 206 g/mol. The first-order valence-electron chi connectivity index (χ1n) is 4.89. The topological polar surface area (TPSA) is 48.5 Å². The zero-order valence-corrected chi connectivity index (χ0v) is 8.90. The summed E-state index contributed by atoms with van der Waals surface area (Å²) in [6, 6.07) is 3.77. The molecule has 15 heavy (non-hydrogen) atoms. The molecule has 2 heterocycles. The average Bonchev–Trinajstić information content (AvgIpc) is 2.60. The van der Waals surface area contributed by atoms with Gasteiger partial charge in [0.05, 0.1) is 11.9 Å². The van der Waals surface area contributed by atoms with Crippen LogP contribution in [-0.4, -0.2) is 43.1 Å². The summed E-state index contributed by atoms with van der Waals surface area (Å²) >= 11 is 0. The Morgan fingerprint density at radius 3 is 2.67 bits per heavy atom. The van der Waals surface area contributed by atoms with Gasteiger partial charge in [-0.15, -0.1) is 0 Å². The highest BCUT2D eigenvalue weighted by Crippen LogP contribution is 2.18. The molecular formula is C10H14N4O. The lowest BCUT2D eigenvalue weighted by Crippen LogP contribution is -2.29. The zero-order chi connectivity index (χ0) is 10.8. The molecule has 0 radical (unpaired) electrons. The van der Waals surface area contributed by atoms with E-state index in [2.05, 4.69) is 10.3 Å². The van der Waals surface area contributed by atoms with E-state index >= 15 is 0 Å². The van der Waals surface area contributed by atoms with Gasteiger partial charge in [0.25, 0.3) is 0 Å². The normalized spacial score (nSPS) is 16.0. The monoisotopic (exact) mass is 206 g/mol. The summed E-state index contributed by atoms with van der Waals surface area (Å²) in [5.41, 5.74) is 0.943. The quantitative estimate of drug-likeness (QED) is 0.785. The van der Waals surface area contributed by atoms with E-state index in [1.165, 1.54) is 0 Å². The van der Waals surface area contributed by atoms with Crippen LogP contribution in [0.15, 0.2) is 18.3 Å². The maximum absolute atomic E-state index is 11.7. The molecular weight excluding hydrogens is 192 g/mol. The van der Waals surface area contributed by atoms with E-state index in [4.69, 9.17) is 0 Å². The molecule has 0 atom stereocenters. The maximum atomic E-state index is 11.7. The number of urea groups is 1. The van der Waals surface area contributed by atoms with Gasteiger partial charge in [0.15, 0.2) is 0 Å². The summed E-state index contributed by atoms with van der Waals surface area (Å²) in [5, 5.41) is 2.99. The number of nitrogens with zero attached hydrogens (tertiary/aromatic N) is 3. The minimum absolute atomic E-state index is 0.0136. The van der Waals surface area contributed by atoms with E-state index in [9.17, 15) is 4.79 Å². The van der Waals surface area contributed by atoms with Crippen LogP contribution in [0.3, 0.4) is 0 Å². The Morgan fingerprint density at radius 2 is 2.20 bits per heavy atom. The fourth-order valence-corrected chi connectivity index (χ4v) is 1.55. The van der Waals surface area contributed by atoms with Crippen molar-refractivity contribution in [2.75, 3.05) is 37.4 Å². The second-order valence-electron chi connectivity index (χ2n) is 3.51. The zero-order valence-electron chi connectivity index (χ0n) is 8.90. The Bertz CT molecular complexity index is 362. The van der Waals surface area contributed by atoms with E-state index in [0.717, 1.165) is 12.2 Å². The minimum atomic E-state index is 0.0136. The summed E-state index contributed by atoms with van der Waals surface area (Å²) in [4.78, 5) is 19.3. The van der Waals surface area contributed by atoms with Crippen molar-refractivity contribution in [2.45, 2.75) is 0 Å². The largest absolute Gasteiger partial charge is 0.387 e. The van der Waals surface area contributed by atoms with Crippen molar-refractivity contribution < 1.29 is 4.79 Å². The fraction of sp³-hybridized carbons (Fsp3) is 0.400. The van der Waals surface area contributed by atoms with Crippen molar-refractivity contribution in [1.82, 2.24) is 9.88 Å². The van der Waals surface area contributed by atoms with Crippen LogP contribution in [0, 0.1) is 0 Å². The van der Waals surface area contributed by atoms with Gasteiger partial charge >= 0.3 is 6.03 Å². The predicted octanol–water partition coefficient (Wildman–Crippen LogP) is 0.995. The first kappa shape index (κ1) is 9.76. The molecule has 2 rings (SSSR count). The summed E-state index contributed by atoms with van der Waals surface area (Å²) in [7, 11) is 3.63. The SMILES string of the molecule is CNc1ccc(N2CCN(C)C2=O)nc1. The maximum Gasteiger partial charge on any atom is 0.325 e. The predicted molar refractivity (Wildman–Crippen MR) is 59.2 cm³/mol. The van der Waals surface area contributed by atoms with Gasteiger partial charge in [-0.3, -0.25) is 4.90 Å². The van der Waals surface area contributed by atoms with Crippen LogP contribution < -0.4 is 10.2 Å². The van der Waals surface area contributed by atoms with Crippen molar-refractivity contribution in [1.29, 1.82) is 0 Å². The summed E-state index contributed by atoms with van der Waals surface area (Å²) in [5.74, 6) is 0.711. The lowest BCUT2D eigenvalue weighted by Gasteiger charge is -2.14. The van der Waals surface area contributed by atoms with Crippen molar-refractivity contribution in [3.63, 3.8) is 0 Å². The van der Waals surface area contributed by atoms with Crippen molar-refractivity contribution in [3.8, 4) is 0 Å². The number of carbonyl (C=O) groups excluding carboxylic acids is 1. The van der Waals surface area contributed by atoms with E-state index < -0.39 is 0 Å². The number of amides is 2. The van der Waals surface area contributed by atoms with Crippen LogP contribution in [0.4, 0.5) is 16.3 Å². The molecule has 5 nitrogen and oxygen atoms in total. The molecule has 0 bridgehead atoms. The number of anilines is 2. The number of nitrogens with one attached hydrogen (secondary N) is 1. The molecule has 1 fully saturated rings. The molecule has 80 valence electrons. The van der Waals surface area contributed by atoms with Crippen LogP contribution in [0.25, 0.3) is 0 Å². The molecule has 0 unspecified atom stereocenters. The number of pyridine rings is 1. The molecule has 5 heteroatoms. The van der Waals surface area contributed by atoms with Gasteiger partial charge < -0.3 is 10.2 Å². The van der Waals surface area contributed by atoms with Crippen molar-refractivity contribution >= 4 is 17.5 Å². The summed E-state index contributed by atoms with van der Waals surface area (Å²) in [6.07, 6.45) is 1.72. The molecule has 1 N–H and O–H groups in total. The molecule has 1 aliphatic rings. The molecule has 0 saturated carbocycles. The molecule has 1 aromatic rings. The number of rotatable bonds is 2. The van der Waals surface area contributed by atoms with Gasteiger partial charge in [-0.05, 0) is 12.1 Å². The highest BCUT2D eigenvalue weighted by Gasteiger charge is 2.27. The Kier molecular flexibility index (Phi) is 2.45. The molecule has 0 aliphatic carbocycles. The molecule has 0 aromatic carbocycles. The van der Waals surface area contributed by atoms with Gasteiger partial charge in [-0.25, -0.2) is 9.78 Å². The number of carbonyl (C=O) groups is 1. The van der Waals surface area contributed by atoms with Crippen molar-refractivity contribution in [3.05, 3.63) is 18.3 Å². The van der Waals surface area contributed by atoms with Gasteiger partial charge in [0, 0.05) is 27.2 Å². The third-order valence-corrected chi connectivity index (χ3v) is 2.53. The highest BCUT2D eigenvalue weighted by atomic mass is 16.2. The Hall–Kier alpha value is -1.78. The number of hydrogen-bond donors (Lipinski definition) is 1. The first-order chi connectivity index (χ1) is 7.22. The third-order valence-electron chi connectivity index (χ3n) is 2.53. The lowest BCUT2D eigenvalue weighted by molar-refractivity contribution is 0.229. The van der Waals surface area contributed by atoms with Crippen LogP contribution in [0.1, 0.15) is 0 Å². The second kappa shape index (κ2) is 3.76. The third kappa shape index (κ3) is 1.72. The highest BCUT2D eigenvalue weighted by molar-refractivity contribution is 5.93. The Balaban J connectivity index is 2.19.